The first-order valence-corrected chi connectivity index (χ1v) is 5.47. The van der Waals surface area contributed by atoms with Crippen LogP contribution >= 0.6 is 0 Å². The normalized spacial score (nSPS) is 10.3. The molecule has 1 aromatic heterocycles. The third-order valence-electron chi connectivity index (χ3n) is 2.28. The van der Waals surface area contributed by atoms with Crippen LogP contribution < -0.4 is 0 Å². The third kappa shape index (κ3) is 2.58. The lowest BCUT2D eigenvalue weighted by atomic mass is 10.1. The molecule has 0 saturated carbocycles. The molecule has 0 fully saturated rings. The van der Waals surface area contributed by atoms with Gasteiger partial charge in [0.2, 0.25) is 0 Å². The Morgan fingerprint density at radius 2 is 2.13 bits per heavy atom. The van der Waals surface area contributed by atoms with Gasteiger partial charge in [-0.15, -0.1) is 0 Å². The molecule has 1 aromatic rings. The number of hydrogen-bond donors (Lipinski definition) is 1. The topological polar surface area (TPSA) is 55.0 Å². The summed E-state index contributed by atoms with van der Waals surface area (Å²) < 4.78 is 4.94. The first-order valence-electron chi connectivity index (χ1n) is 5.47. The standard InChI is InChI=1S/C11H18N2O2/c1-4-7-9-8(5-2)10(13-12-9)11(14)15-6-3/h4-7H2,1-3H3,(H,12,13). The van der Waals surface area contributed by atoms with Gasteiger partial charge in [0.15, 0.2) is 5.69 Å². The Bertz CT molecular complexity index is 331. The summed E-state index contributed by atoms with van der Waals surface area (Å²) in [5, 5.41) is 6.94. The van der Waals surface area contributed by atoms with Crippen molar-refractivity contribution in [2.45, 2.75) is 40.0 Å². The van der Waals surface area contributed by atoms with E-state index in [-0.39, 0.29) is 5.97 Å². The van der Waals surface area contributed by atoms with Gasteiger partial charge in [-0.1, -0.05) is 20.3 Å². The Balaban J connectivity index is 2.92. The number of carbonyl (C=O) groups is 1. The fourth-order valence-electron chi connectivity index (χ4n) is 1.61. The van der Waals surface area contributed by atoms with E-state index in [0.29, 0.717) is 12.3 Å². The number of carbonyl (C=O) groups excluding carboxylic acids is 1. The maximum absolute atomic E-state index is 11.5. The molecule has 0 aromatic carbocycles. The molecule has 0 atom stereocenters. The number of aromatic nitrogens is 2. The van der Waals surface area contributed by atoms with Gasteiger partial charge in [0.25, 0.3) is 0 Å². The number of aryl methyl sites for hydroxylation is 1. The first-order chi connectivity index (χ1) is 7.24. The molecule has 4 heteroatoms. The highest BCUT2D eigenvalue weighted by Crippen LogP contribution is 2.14. The number of nitrogens with one attached hydrogen (secondary N) is 1. The van der Waals surface area contributed by atoms with Crippen molar-refractivity contribution < 1.29 is 9.53 Å². The van der Waals surface area contributed by atoms with Crippen molar-refractivity contribution in [1.82, 2.24) is 10.2 Å². The molecule has 0 aliphatic rings. The summed E-state index contributed by atoms with van der Waals surface area (Å²) in [4.78, 5) is 11.5. The molecule has 0 aliphatic carbocycles. The SMILES string of the molecule is CCCc1[nH]nc(C(=O)OCC)c1CC. The number of ether oxygens (including phenoxy) is 1. The average molecular weight is 210 g/mol. The summed E-state index contributed by atoms with van der Waals surface area (Å²) in [7, 11) is 0. The molecule has 0 bridgehead atoms. The fraction of sp³-hybridized carbons (Fsp3) is 0.636. The van der Waals surface area contributed by atoms with Crippen LogP contribution in [0.4, 0.5) is 0 Å². The predicted molar refractivity (Wildman–Crippen MR) is 57.9 cm³/mol. The lowest BCUT2D eigenvalue weighted by molar-refractivity contribution is 0.0518. The zero-order chi connectivity index (χ0) is 11.3. The van der Waals surface area contributed by atoms with E-state index in [4.69, 9.17) is 4.74 Å². The summed E-state index contributed by atoms with van der Waals surface area (Å²) in [6.07, 6.45) is 2.77. The minimum Gasteiger partial charge on any atom is -0.461 e. The molecule has 0 spiro atoms. The second kappa shape index (κ2) is 5.53. The number of hydrogen-bond acceptors (Lipinski definition) is 3. The van der Waals surface area contributed by atoms with Gasteiger partial charge in [0.1, 0.15) is 0 Å². The van der Waals surface area contributed by atoms with E-state index in [1.807, 2.05) is 6.92 Å². The Morgan fingerprint density at radius 3 is 2.67 bits per heavy atom. The van der Waals surface area contributed by atoms with Gasteiger partial charge in [0, 0.05) is 11.3 Å². The highest BCUT2D eigenvalue weighted by molar-refractivity contribution is 5.89. The summed E-state index contributed by atoms with van der Waals surface area (Å²) in [6.45, 7) is 6.30. The molecule has 0 radical (unpaired) electrons. The molecule has 0 saturated heterocycles. The predicted octanol–water partition coefficient (Wildman–Crippen LogP) is 2.10. The van der Waals surface area contributed by atoms with Crippen molar-refractivity contribution in [1.29, 1.82) is 0 Å². The van der Waals surface area contributed by atoms with Gasteiger partial charge in [-0.05, 0) is 19.8 Å². The summed E-state index contributed by atoms with van der Waals surface area (Å²) in [5.74, 6) is -0.326. The highest BCUT2D eigenvalue weighted by Gasteiger charge is 2.18. The zero-order valence-electron chi connectivity index (χ0n) is 9.59. The van der Waals surface area contributed by atoms with Crippen molar-refractivity contribution >= 4 is 5.97 Å². The molecule has 15 heavy (non-hydrogen) atoms. The van der Waals surface area contributed by atoms with Gasteiger partial charge >= 0.3 is 5.97 Å². The average Bonchev–Trinajstić information content (AvgIpc) is 2.62. The molecule has 4 nitrogen and oxygen atoms in total. The lowest BCUT2D eigenvalue weighted by Gasteiger charge is -2.01. The van der Waals surface area contributed by atoms with Crippen LogP contribution in [0.25, 0.3) is 0 Å². The van der Waals surface area contributed by atoms with Crippen molar-refractivity contribution in [2.24, 2.45) is 0 Å². The van der Waals surface area contributed by atoms with E-state index < -0.39 is 0 Å². The van der Waals surface area contributed by atoms with Crippen LogP contribution in [0.15, 0.2) is 0 Å². The minimum absolute atomic E-state index is 0.326. The molecule has 1 rings (SSSR count). The Labute approximate surface area is 90.0 Å². The summed E-state index contributed by atoms with van der Waals surface area (Å²) in [5.41, 5.74) is 2.50. The van der Waals surface area contributed by atoms with Crippen LogP contribution in [-0.2, 0) is 17.6 Å². The number of aromatic amines is 1. The van der Waals surface area contributed by atoms with Crippen molar-refractivity contribution in [3.63, 3.8) is 0 Å². The third-order valence-corrected chi connectivity index (χ3v) is 2.28. The number of esters is 1. The molecule has 84 valence electrons. The van der Waals surface area contributed by atoms with Gasteiger partial charge in [-0.25, -0.2) is 4.79 Å². The largest absolute Gasteiger partial charge is 0.461 e. The van der Waals surface area contributed by atoms with Gasteiger partial charge in [-0.3, -0.25) is 5.10 Å². The van der Waals surface area contributed by atoms with E-state index in [0.717, 1.165) is 30.5 Å². The first kappa shape index (κ1) is 11.8. The van der Waals surface area contributed by atoms with E-state index in [1.54, 1.807) is 6.92 Å². The number of nitrogens with zero attached hydrogens (tertiary/aromatic N) is 1. The number of H-pyrrole nitrogens is 1. The quantitative estimate of drug-likeness (QED) is 0.757. The molecule has 0 aliphatic heterocycles. The van der Waals surface area contributed by atoms with Gasteiger partial charge < -0.3 is 4.74 Å². The van der Waals surface area contributed by atoms with Crippen molar-refractivity contribution in [3.8, 4) is 0 Å². The minimum atomic E-state index is -0.326. The lowest BCUT2D eigenvalue weighted by Crippen LogP contribution is -2.08. The van der Waals surface area contributed by atoms with Crippen LogP contribution in [0.1, 0.15) is 48.9 Å². The Morgan fingerprint density at radius 1 is 1.40 bits per heavy atom. The maximum atomic E-state index is 11.5. The second-order valence-electron chi connectivity index (χ2n) is 3.35. The van der Waals surface area contributed by atoms with Crippen molar-refractivity contribution in [2.75, 3.05) is 6.61 Å². The monoisotopic (exact) mass is 210 g/mol. The van der Waals surface area contributed by atoms with Gasteiger partial charge in [0.05, 0.1) is 6.61 Å². The molecule has 0 amide bonds. The van der Waals surface area contributed by atoms with Crippen LogP contribution in [0, 0.1) is 0 Å². The van der Waals surface area contributed by atoms with Crippen LogP contribution in [0.3, 0.4) is 0 Å². The van der Waals surface area contributed by atoms with Gasteiger partial charge in [-0.2, -0.15) is 5.10 Å². The second-order valence-corrected chi connectivity index (χ2v) is 3.35. The smallest absolute Gasteiger partial charge is 0.359 e. The summed E-state index contributed by atoms with van der Waals surface area (Å²) >= 11 is 0. The van der Waals surface area contributed by atoms with Crippen LogP contribution in [0.2, 0.25) is 0 Å². The van der Waals surface area contributed by atoms with Crippen molar-refractivity contribution in [3.05, 3.63) is 17.0 Å². The maximum Gasteiger partial charge on any atom is 0.359 e. The van der Waals surface area contributed by atoms with E-state index >= 15 is 0 Å². The highest BCUT2D eigenvalue weighted by atomic mass is 16.5. The van der Waals surface area contributed by atoms with Crippen LogP contribution in [-0.4, -0.2) is 22.8 Å². The molecule has 1 N–H and O–H groups in total. The fourth-order valence-corrected chi connectivity index (χ4v) is 1.61. The van der Waals surface area contributed by atoms with E-state index in [9.17, 15) is 4.79 Å². The Hall–Kier alpha value is -1.32. The van der Waals surface area contributed by atoms with Crippen LogP contribution in [0.5, 0.6) is 0 Å². The summed E-state index contributed by atoms with van der Waals surface area (Å²) in [6, 6.07) is 0. The number of rotatable bonds is 5. The zero-order valence-corrected chi connectivity index (χ0v) is 9.59. The van der Waals surface area contributed by atoms with E-state index in [1.165, 1.54) is 0 Å². The molecular formula is C11H18N2O2. The molecule has 0 unspecified atom stereocenters. The Kier molecular flexibility index (Phi) is 4.34. The van der Waals surface area contributed by atoms with E-state index in [2.05, 4.69) is 17.1 Å². The molecular weight excluding hydrogens is 192 g/mol. The molecule has 1 heterocycles.